The van der Waals surface area contributed by atoms with Crippen LogP contribution in [0.25, 0.3) is 0 Å². The molecule has 0 spiro atoms. The summed E-state index contributed by atoms with van der Waals surface area (Å²) in [7, 11) is 0. The van der Waals surface area contributed by atoms with Crippen LogP contribution in [0.3, 0.4) is 0 Å². The van der Waals surface area contributed by atoms with Crippen LogP contribution in [0.4, 0.5) is 11.9 Å². The van der Waals surface area contributed by atoms with E-state index in [0.29, 0.717) is 5.82 Å². The lowest BCUT2D eigenvalue weighted by molar-refractivity contribution is 0.826. The van der Waals surface area contributed by atoms with Crippen molar-refractivity contribution in [2.24, 2.45) is 0 Å². The number of anilines is 2. The van der Waals surface area contributed by atoms with Crippen LogP contribution in [0.2, 0.25) is 0 Å². The first-order chi connectivity index (χ1) is 9.40. The molecule has 108 valence electrons. The molecule has 0 atom stereocenters. The molecule has 2 aromatic rings. The number of nitrogens with zero attached hydrogens (tertiary/aromatic N) is 3. The van der Waals surface area contributed by atoms with Crippen molar-refractivity contribution >= 4 is 11.9 Å². The number of hydrogen-bond donors (Lipinski definition) is 5. The summed E-state index contributed by atoms with van der Waals surface area (Å²) < 4.78 is 0. The lowest BCUT2D eigenvalue weighted by atomic mass is 10.3. The van der Waals surface area contributed by atoms with Crippen molar-refractivity contribution < 1.29 is 0 Å². The molecule has 2 aromatic heterocycles. The van der Waals surface area contributed by atoms with Gasteiger partial charge in [0.1, 0.15) is 5.82 Å². The molecule has 7 N–H and O–H groups in total. The Kier molecular flexibility index (Phi) is 5.14. The average Bonchev–Trinajstić information content (AvgIpc) is 2.26. The van der Waals surface area contributed by atoms with Crippen molar-refractivity contribution in [3.63, 3.8) is 0 Å². The van der Waals surface area contributed by atoms with Gasteiger partial charge in [-0.2, -0.15) is 15.0 Å². The topological polar surface area (TPSA) is 189 Å². The first kappa shape index (κ1) is 15.1. The number of aryl methyl sites for hydroxylation is 1. The van der Waals surface area contributed by atoms with Crippen molar-refractivity contribution in [2.45, 2.75) is 19.8 Å². The highest BCUT2D eigenvalue weighted by Crippen LogP contribution is 2.00. The molecule has 0 radical (unpaired) electrons. The predicted molar refractivity (Wildman–Crippen MR) is 71.0 cm³/mol. The van der Waals surface area contributed by atoms with Gasteiger partial charge in [-0.25, -0.2) is 14.4 Å². The fraction of sp³-hybridized carbons (Fsp3) is 0.333. The van der Waals surface area contributed by atoms with Crippen LogP contribution < -0.4 is 28.5 Å². The molecule has 0 aliphatic rings. The number of aromatic amines is 3. The highest BCUT2D eigenvalue weighted by Gasteiger charge is 1.98. The Labute approximate surface area is 111 Å². The van der Waals surface area contributed by atoms with Crippen LogP contribution in [0.5, 0.6) is 0 Å². The van der Waals surface area contributed by atoms with E-state index in [9.17, 15) is 14.4 Å². The largest absolute Gasteiger partial charge is 0.368 e. The molecule has 0 saturated carbocycles. The summed E-state index contributed by atoms with van der Waals surface area (Å²) in [5.41, 5.74) is 8.29. The summed E-state index contributed by atoms with van der Waals surface area (Å²) in [4.78, 5) is 47.4. The Balaban J connectivity index is 0.000000204. The van der Waals surface area contributed by atoms with Crippen molar-refractivity contribution in [2.75, 3.05) is 11.5 Å². The van der Waals surface area contributed by atoms with Gasteiger partial charge in [-0.05, 0) is 6.42 Å². The molecular formula is C9H14N8O3. The molecular weight excluding hydrogens is 268 g/mol. The monoisotopic (exact) mass is 282 g/mol. The van der Waals surface area contributed by atoms with E-state index in [1.807, 2.05) is 6.92 Å². The summed E-state index contributed by atoms with van der Waals surface area (Å²) in [5.74, 6) is 1.06. The smallest absolute Gasteiger partial charge is 0.330 e. The number of rotatable bonds is 2. The van der Waals surface area contributed by atoms with E-state index in [4.69, 9.17) is 11.5 Å². The maximum Gasteiger partial charge on any atom is 0.330 e. The van der Waals surface area contributed by atoms with Gasteiger partial charge in [0.05, 0.1) is 0 Å². The zero-order valence-electron chi connectivity index (χ0n) is 10.6. The quantitative estimate of drug-likeness (QED) is 0.407. The van der Waals surface area contributed by atoms with Crippen LogP contribution in [0.1, 0.15) is 19.2 Å². The standard InChI is InChI=1S/C6H11N5.C3H3N3O3/c1-2-3-4-9-5(7)11-6(8)10-4;7-1-4-2(8)6-3(9)5-1/h2-3H2,1H3,(H4,7,8,9,10,11);(H3,4,5,6,7,8,9). The maximum absolute atomic E-state index is 10.2. The third-order valence-electron chi connectivity index (χ3n) is 1.87. The second kappa shape index (κ2) is 6.82. The molecule has 0 fully saturated rings. The van der Waals surface area contributed by atoms with Gasteiger partial charge in [-0.15, -0.1) is 0 Å². The fourth-order valence-electron chi connectivity index (χ4n) is 1.20. The van der Waals surface area contributed by atoms with Crippen molar-refractivity contribution in [3.05, 3.63) is 37.3 Å². The summed E-state index contributed by atoms with van der Waals surface area (Å²) in [6.07, 6.45) is 1.76. The minimum atomic E-state index is -0.802. The molecule has 11 heteroatoms. The zero-order valence-corrected chi connectivity index (χ0v) is 10.6. The van der Waals surface area contributed by atoms with E-state index in [1.165, 1.54) is 0 Å². The van der Waals surface area contributed by atoms with E-state index >= 15 is 0 Å². The molecule has 2 rings (SSSR count). The second-order valence-electron chi connectivity index (χ2n) is 3.58. The van der Waals surface area contributed by atoms with E-state index < -0.39 is 17.1 Å². The number of H-pyrrole nitrogens is 3. The Morgan fingerprint density at radius 2 is 1.25 bits per heavy atom. The van der Waals surface area contributed by atoms with Crippen LogP contribution in [-0.2, 0) is 6.42 Å². The summed E-state index contributed by atoms with van der Waals surface area (Å²) in [6.45, 7) is 2.04. The number of nitrogens with one attached hydrogen (secondary N) is 3. The summed E-state index contributed by atoms with van der Waals surface area (Å²) in [5, 5.41) is 0. The second-order valence-corrected chi connectivity index (χ2v) is 3.58. The van der Waals surface area contributed by atoms with E-state index in [0.717, 1.165) is 12.8 Å². The molecule has 0 unspecified atom stereocenters. The fourth-order valence-corrected chi connectivity index (χ4v) is 1.20. The highest BCUT2D eigenvalue weighted by molar-refractivity contribution is 5.25. The van der Waals surface area contributed by atoms with Gasteiger partial charge in [0, 0.05) is 6.42 Å². The van der Waals surface area contributed by atoms with Crippen LogP contribution >= 0.6 is 0 Å². The van der Waals surface area contributed by atoms with Gasteiger partial charge in [-0.1, -0.05) is 6.92 Å². The number of aromatic nitrogens is 6. The van der Waals surface area contributed by atoms with Gasteiger partial charge < -0.3 is 11.5 Å². The van der Waals surface area contributed by atoms with Gasteiger partial charge in [-0.3, -0.25) is 15.0 Å². The van der Waals surface area contributed by atoms with Crippen molar-refractivity contribution in [1.29, 1.82) is 0 Å². The molecule has 0 aliphatic heterocycles. The molecule has 0 bridgehead atoms. The molecule has 0 aromatic carbocycles. The average molecular weight is 282 g/mol. The SMILES string of the molecule is CCCc1nc(N)nc(N)n1.O=c1[nH]c(=O)[nH]c(=O)[nH]1. The van der Waals surface area contributed by atoms with Gasteiger partial charge in [0.25, 0.3) is 0 Å². The Morgan fingerprint density at radius 1 is 0.850 bits per heavy atom. The number of nitrogens with two attached hydrogens (primary N) is 2. The predicted octanol–water partition coefficient (Wildman–Crippen LogP) is -2.26. The Morgan fingerprint density at radius 3 is 1.60 bits per heavy atom. The molecule has 0 amide bonds. The van der Waals surface area contributed by atoms with Crippen LogP contribution in [0.15, 0.2) is 14.4 Å². The third kappa shape index (κ3) is 5.12. The van der Waals surface area contributed by atoms with E-state index in [1.54, 1.807) is 15.0 Å². The summed E-state index contributed by atoms with van der Waals surface area (Å²) >= 11 is 0. The third-order valence-corrected chi connectivity index (χ3v) is 1.87. The van der Waals surface area contributed by atoms with Crippen LogP contribution in [-0.4, -0.2) is 29.9 Å². The summed E-state index contributed by atoms with van der Waals surface area (Å²) in [6, 6.07) is 0. The zero-order chi connectivity index (χ0) is 15.1. The van der Waals surface area contributed by atoms with Crippen molar-refractivity contribution in [3.8, 4) is 0 Å². The van der Waals surface area contributed by atoms with E-state index in [-0.39, 0.29) is 11.9 Å². The van der Waals surface area contributed by atoms with Gasteiger partial charge in [0.15, 0.2) is 0 Å². The lowest BCUT2D eigenvalue weighted by Gasteiger charge is -1.98. The van der Waals surface area contributed by atoms with Crippen LogP contribution in [0, 0.1) is 0 Å². The molecule has 20 heavy (non-hydrogen) atoms. The minimum absolute atomic E-state index is 0.195. The van der Waals surface area contributed by atoms with E-state index in [2.05, 4.69) is 15.0 Å². The first-order valence-electron chi connectivity index (χ1n) is 5.59. The maximum atomic E-state index is 10.2. The number of nitrogen functional groups attached to an aromatic ring is 2. The molecule has 0 saturated heterocycles. The van der Waals surface area contributed by atoms with Gasteiger partial charge >= 0.3 is 17.1 Å². The Bertz CT molecular complexity index is 632. The highest BCUT2D eigenvalue weighted by atomic mass is 16.2. The normalized spacial score (nSPS) is 9.65. The first-order valence-corrected chi connectivity index (χ1v) is 5.59. The van der Waals surface area contributed by atoms with Crippen molar-refractivity contribution in [1.82, 2.24) is 29.9 Å². The number of hydrogen-bond acceptors (Lipinski definition) is 8. The molecule has 11 nitrogen and oxygen atoms in total. The molecule has 0 aliphatic carbocycles. The minimum Gasteiger partial charge on any atom is -0.368 e. The van der Waals surface area contributed by atoms with Gasteiger partial charge in [0.2, 0.25) is 11.9 Å². The Hall–Kier alpha value is -2.98. The molecule has 2 heterocycles. The lowest BCUT2D eigenvalue weighted by Crippen LogP contribution is -2.34.